The SMILES string of the molecule is CCS(=O)(=O)N(CC(=O)Nc1cc(C)on1)C1CC(C)(C)Oc2ccc(F)cc21. The summed E-state index contributed by atoms with van der Waals surface area (Å²) >= 11 is 0. The lowest BCUT2D eigenvalue weighted by Gasteiger charge is -2.41. The Balaban J connectivity index is 1.96. The normalized spacial score (nSPS) is 18.2. The summed E-state index contributed by atoms with van der Waals surface area (Å²) in [5.74, 6) is -0.178. The molecule has 0 fully saturated rings. The Morgan fingerprint density at radius 2 is 2.10 bits per heavy atom. The maximum Gasteiger partial charge on any atom is 0.240 e. The number of nitrogens with zero attached hydrogens (tertiary/aromatic N) is 2. The number of benzene rings is 1. The molecule has 0 saturated heterocycles. The number of hydrogen-bond donors (Lipinski definition) is 1. The minimum atomic E-state index is -3.80. The van der Waals surface area contributed by atoms with Gasteiger partial charge < -0.3 is 14.6 Å². The van der Waals surface area contributed by atoms with Gasteiger partial charge >= 0.3 is 0 Å². The summed E-state index contributed by atoms with van der Waals surface area (Å²) < 4.78 is 51.6. The first-order valence-corrected chi connectivity index (χ1v) is 10.8. The molecule has 1 unspecified atom stereocenters. The number of hydrogen-bond acceptors (Lipinski definition) is 6. The average molecular weight is 425 g/mol. The lowest BCUT2D eigenvalue weighted by molar-refractivity contribution is -0.117. The summed E-state index contributed by atoms with van der Waals surface area (Å²) in [5, 5.41) is 6.21. The van der Waals surface area contributed by atoms with Gasteiger partial charge in [0.15, 0.2) is 5.82 Å². The van der Waals surface area contributed by atoms with Crippen molar-refractivity contribution in [3.05, 3.63) is 41.4 Å². The van der Waals surface area contributed by atoms with Gasteiger partial charge in [0.2, 0.25) is 15.9 Å². The van der Waals surface area contributed by atoms with Crippen molar-refractivity contribution in [3.8, 4) is 5.75 Å². The minimum absolute atomic E-state index is 0.195. The molecule has 0 spiro atoms. The van der Waals surface area contributed by atoms with Crippen molar-refractivity contribution in [1.82, 2.24) is 9.46 Å². The molecular formula is C19H24FN3O5S. The van der Waals surface area contributed by atoms with E-state index >= 15 is 0 Å². The van der Waals surface area contributed by atoms with Gasteiger partial charge in [-0.05, 0) is 45.9 Å². The zero-order valence-corrected chi connectivity index (χ0v) is 17.5. The number of aromatic nitrogens is 1. The molecule has 10 heteroatoms. The number of ether oxygens (including phenoxy) is 1. The molecule has 8 nitrogen and oxygen atoms in total. The van der Waals surface area contributed by atoms with Crippen LogP contribution in [-0.2, 0) is 14.8 Å². The van der Waals surface area contributed by atoms with Gasteiger partial charge in [0.1, 0.15) is 22.9 Å². The van der Waals surface area contributed by atoms with Crippen LogP contribution in [0.4, 0.5) is 10.2 Å². The van der Waals surface area contributed by atoms with Crippen LogP contribution < -0.4 is 10.1 Å². The largest absolute Gasteiger partial charge is 0.487 e. The van der Waals surface area contributed by atoms with Gasteiger partial charge in [-0.15, -0.1) is 0 Å². The third-order valence-electron chi connectivity index (χ3n) is 4.67. The second-order valence-corrected chi connectivity index (χ2v) is 9.79. The zero-order valence-electron chi connectivity index (χ0n) is 16.7. The van der Waals surface area contributed by atoms with Crippen molar-refractivity contribution in [1.29, 1.82) is 0 Å². The zero-order chi connectivity index (χ0) is 21.4. The Hall–Kier alpha value is -2.46. The number of carbonyl (C=O) groups is 1. The highest BCUT2D eigenvalue weighted by molar-refractivity contribution is 7.89. The number of carbonyl (C=O) groups excluding carboxylic acids is 1. The molecule has 1 N–H and O–H groups in total. The van der Waals surface area contributed by atoms with E-state index in [0.29, 0.717) is 17.1 Å². The number of anilines is 1. The van der Waals surface area contributed by atoms with Crippen molar-refractivity contribution < 1.29 is 26.9 Å². The monoisotopic (exact) mass is 425 g/mol. The number of rotatable bonds is 6. The molecule has 2 heterocycles. The quantitative estimate of drug-likeness (QED) is 0.763. The number of nitrogens with one attached hydrogen (secondary N) is 1. The second kappa shape index (κ2) is 7.75. The molecule has 0 radical (unpaired) electrons. The van der Waals surface area contributed by atoms with E-state index < -0.39 is 39.9 Å². The molecule has 1 aliphatic heterocycles. The highest BCUT2D eigenvalue weighted by Gasteiger charge is 2.41. The van der Waals surface area contributed by atoms with Gasteiger partial charge in [0, 0.05) is 18.1 Å². The van der Waals surface area contributed by atoms with E-state index in [2.05, 4.69) is 10.5 Å². The topological polar surface area (TPSA) is 102 Å². The van der Waals surface area contributed by atoms with Crippen LogP contribution in [0.3, 0.4) is 0 Å². The molecule has 0 aliphatic carbocycles. The number of halogens is 1. The van der Waals surface area contributed by atoms with Gasteiger partial charge in [0.25, 0.3) is 0 Å². The third kappa shape index (κ3) is 4.76. The van der Waals surface area contributed by atoms with Crippen LogP contribution in [0.25, 0.3) is 0 Å². The predicted octanol–water partition coefficient (Wildman–Crippen LogP) is 3.01. The summed E-state index contributed by atoms with van der Waals surface area (Å²) in [6.07, 6.45) is 0.263. The van der Waals surface area contributed by atoms with Crippen LogP contribution in [-0.4, -0.2) is 41.7 Å². The fourth-order valence-electron chi connectivity index (χ4n) is 3.36. The lowest BCUT2D eigenvalue weighted by Crippen LogP contribution is -2.46. The molecule has 1 atom stereocenters. The van der Waals surface area contributed by atoms with Gasteiger partial charge in [-0.25, -0.2) is 12.8 Å². The van der Waals surface area contributed by atoms with Crippen LogP contribution in [0.2, 0.25) is 0 Å². The fraction of sp³-hybridized carbons (Fsp3) is 0.474. The number of aryl methyl sites for hydroxylation is 1. The molecule has 1 aromatic heterocycles. The molecule has 0 saturated carbocycles. The van der Waals surface area contributed by atoms with Crippen molar-refractivity contribution in [2.24, 2.45) is 0 Å². The van der Waals surface area contributed by atoms with Crippen LogP contribution >= 0.6 is 0 Å². The number of fused-ring (bicyclic) bond motifs is 1. The van der Waals surface area contributed by atoms with Crippen molar-refractivity contribution in [2.45, 2.75) is 45.8 Å². The molecule has 2 aromatic rings. The summed E-state index contributed by atoms with van der Waals surface area (Å²) in [5.41, 5.74) is -0.303. The molecule has 1 aliphatic rings. The van der Waals surface area contributed by atoms with Gasteiger partial charge in [-0.2, -0.15) is 4.31 Å². The van der Waals surface area contributed by atoms with Gasteiger partial charge in [-0.1, -0.05) is 5.16 Å². The summed E-state index contributed by atoms with van der Waals surface area (Å²) in [7, 11) is -3.80. The Labute approximate surface area is 169 Å². The Morgan fingerprint density at radius 1 is 1.38 bits per heavy atom. The van der Waals surface area contributed by atoms with Crippen LogP contribution in [0.5, 0.6) is 5.75 Å². The van der Waals surface area contributed by atoms with E-state index in [9.17, 15) is 17.6 Å². The second-order valence-electron chi connectivity index (χ2n) is 7.58. The standard InChI is InChI=1S/C19H24FN3O5S/c1-5-29(25,26)23(11-18(24)21-17-8-12(2)28-22-17)15-10-19(3,4)27-16-7-6-13(20)9-14(15)16/h6-9,15H,5,10-11H2,1-4H3,(H,21,22,24). The van der Waals surface area contributed by atoms with E-state index in [1.165, 1.54) is 31.2 Å². The lowest BCUT2D eigenvalue weighted by atomic mass is 9.89. The van der Waals surface area contributed by atoms with E-state index in [1.54, 1.807) is 6.92 Å². The number of sulfonamides is 1. The molecule has 29 heavy (non-hydrogen) atoms. The first-order valence-electron chi connectivity index (χ1n) is 9.22. The van der Waals surface area contributed by atoms with Crippen LogP contribution in [0, 0.1) is 12.7 Å². The molecule has 1 amide bonds. The maximum absolute atomic E-state index is 13.9. The fourth-order valence-corrected chi connectivity index (χ4v) is 4.58. The third-order valence-corrected chi connectivity index (χ3v) is 6.49. The van der Waals surface area contributed by atoms with Gasteiger partial charge in [-0.3, -0.25) is 4.79 Å². The van der Waals surface area contributed by atoms with Crippen LogP contribution in [0.1, 0.15) is 44.6 Å². The molecule has 0 bridgehead atoms. The minimum Gasteiger partial charge on any atom is -0.487 e. The molecule has 1 aromatic carbocycles. The van der Waals surface area contributed by atoms with Crippen molar-refractivity contribution in [2.75, 3.05) is 17.6 Å². The van der Waals surface area contributed by atoms with Crippen LogP contribution in [0.15, 0.2) is 28.8 Å². The highest BCUT2D eigenvalue weighted by Crippen LogP contribution is 2.43. The molecule has 158 valence electrons. The average Bonchev–Trinajstić information content (AvgIpc) is 3.03. The van der Waals surface area contributed by atoms with E-state index in [1.807, 2.05) is 13.8 Å². The summed E-state index contributed by atoms with van der Waals surface area (Å²) in [6, 6.07) is 4.77. The maximum atomic E-state index is 13.9. The number of amides is 1. The van der Waals surface area contributed by atoms with Crippen molar-refractivity contribution >= 4 is 21.7 Å². The molecular weight excluding hydrogens is 401 g/mol. The Kier molecular flexibility index (Phi) is 5.68. The van der Waals surface area contributed by atoms with E-state index in [4.69, 9.17) is 9.26 Å². The van der Waals surface area contributed by atoms with E-state index in [0.717, 1.165) is 4.31 Å². The Morgan fingerprint density at radius 3 is 2.72 bits per heavy atom. The smallest absolute Gasteiger partial charge is 0.240 e. The van der Waals surface area contributed by atoms with Gasteiger partial charge in [0.05, 0.1) is 18.3 Å². The summed E-state index contributed by atoms with van der Waals surface area (Å²) in [4.78, 5) is 12.6. The first kappa shape index (κ1) is 21.3. The first-order chi connectivity index (χ1) is 13.5. The van der Waals surface area contributed by atoms with Crippen molar-refractivity contribution in [3.63, 3.8) is 0 Å². The Bertz CT molecular complexity index is 1020. The predicted molar refractivity (Wildman–Crippen MR) is 105 cm³/mol. The summed E-state index contributed by atoms with van der Waals surface area (Å²) in [6.45, 7) is 6.37. The van der Waals surface area contributed by atoms with E-state index in [-0.39, 0.29) is 18.0 Å². The molecule has 3 rings (SSSR count). The highest BCUT2D eigenvalue weighted by atomic mass is 32.2.